The number of benzene rings is 1. The van der Waals surface area contributed by atoms with E-state index >= 15 is 0 Å². The fraction of sp³-hybridized carbons (Fsp3) is 0.412. The van der Waals surface area contributed by atoms with Gasteiger partial charge in [-0.25, -0.2) is 4.68 Å². The molecule has 1 aromatic carbocycles. The largest absolute Gasteiger partial charge is 0.479 e. The lowest BCUT2D eigenvalue weighted by Gasteiger charge is -2.33. The van der Waals surface area contributed by atoms with Crippen molar-refractivity contribution in [3.63, 3.8) is 0 Å². The zero-order valence-corrected chi connectivity index (χ0v) is 14.0. The van der Waals surface area contributed by atoms with Gasteiger partial charge >= 0.3 is 0 Å². The van der Waals surface area contributed by atoms with Crippen LogP contribution in [0.15, 0.2) is 30.6 Å². The number of hydrogen-bond donors (Lipinski definition) is 0. The van der Waals surface area contributed by atoms with Crippen molar-refractivity contribution in [2.45, 2.75) is 32.4 Å². The van der Waals surface area contributed by atoms with Crippen molar-refractivity contribution < 1.29 is 14.3 Å². The third-order valence-corrected chi connectivity index (χ3v) is 4.51. The van der Waals surface area contributed by atoms with Crippen molar-refractivity contribution in [3.8, 4) is 5.75 Å². The van der Waals surface area contributed by atoms with Gasteiger partial charge in [-0.05, 0) is 25.5 Å². The smallest absolute Gasteiger partial charge is 0.267 e. The van der Waals surface area contributed by atoms with Crippen molar-refractivity contribution in [3.05, 3.63) is 30.6 Å². The first-order valence-corrected chi connectivity index (χ1v) is 8.40. The van der Waals surface area contributed by atoms with E-state index in [9.17, 15) is 9.59 Å². The van der Waals surface area contributed by atoms with Gasteiger partial charge in [-0.2, -0.15) is 10.1 Å². The van der Waals surface area contributed by atoms with Crippen LogP contribution in [0.25, 0.3) is 0 Å². The van der Waals surface area contributed by atoms with Crippen molar-refractivity contribution in [1.82, 2.24) is 14.8 Å². The highest BCUT2D eigenvalue weighted by Gasteiger charge is 2.32. The summed E-state index contributed by atoms with van der Waals surface area (Å²) in [6.07, 6.45) is 1.98. The van der Waals surface area contributed by atoms with Gasteiger partial charge < -0.3 is 9.64 Å². The summed E-state index contributed by atoms with van der Waals surface area (Å²) in [5, 5.41) is 4.12. The molecule has 0 unspecified atom stereocenters. The number of para-hydroxylation sites is 2. The van der Waals surface area contributed by atoms with E-state index in [1.807, 2.05) is 24.3 Å². The molecule has 2 aromatic rings. The van der Waals surface area contributed by atoms with Crippen molar-refractivity contribution >= 4 is 23.5 Å². The molecular weight excluding hydrogens is 322 g/mol. The molecule has 8 nitrogen and oxygen atoms in total. The minimum absolute atomic E-state index is 0.0571. The van der Waals surface area contributed by atoms with Gasteiger partial charge in [-0.3, -0.25) is 14.5 Å². The molecule has 3 heterocycles. The van der Waals surface area contributed by atoms with E-state index in [2.05, 4.69) is 10.1 Å². The molecule has 25 heavy (non-hydrogen) atoms. The number of carbonyl (C=O) groups excluding carboxylic acids is 2. The van der Waals surface area contributed by atoms with Crippen molar-refractivity contribution in [2.75, 3.05) is 22.9 Å². The Morgan fingerprint density at radius 1 is 1.32 bits per heavy atom. The quantitative estimate of drug-likeness (QED) is 0.838. The van der Waals surface area contributed by atoms with E-state index in [-0.39, 0.29) is 18.2 Å². The van der Waals surface area contributed by atoms with E-state index in [0.29, 0.717) is 30.5 Å². The standard InChI is InChI=1S/C17H19N5O3/c1-12-16(24)20(13-5-2-3-6-14(13)25-12)10-7-15(23)21-8-4-9-22-17(21)18-11-19-22/h2-3,5-6,11-12H,4,7-10H2,1H3/t12-/m1/s1. The number of anilines is 2. The van der Waals surface area contributed by atoms with E-state index in [0.717, 1.165) is 13.0 Å². The van der Waals surface area contributed by atoms with Gasteiger partial charge in [0.2, 0.25) is 11.9 Å². The molecule has 1 aromatic heterocycles. The molecule has 2 amide bonds. The zero-order chi connectivity index (χ0) is 17.4. The average Bonchev–Trinajstić information content (AvgIpc) is 3.10. The Morgan fingerprint density at radius 2 is 2.16 bits per heavy atom. The molecular formula is C17H19N5O3. The average molecular weight is 341 g/mol. The normalized spacial score (nSPS) is 19.2. The lowest BCUT2D eigenvalue weighted by Crippen LogP contribution is -2.46. The summed E-state index contributed by atoms with van der Waals surface area (Å²) in [6.45, 7) is 3.43. The summed E-state index contributed by atoms with van der Waals surface area (Å²) in [4.78, 5) is 32.6. The summed E-state index contributed by atoms with van der Waals surface area (Å²) in [6, 6.07) is 7.39. The Morgan fingerprint density at radius 3 is 3.04 bits per heavy atom. The summed E-state index contributed by atoms with van der Waals surface area (Å²) in [5.41, 5.74) is 0.709. The minimum Gasteiger partial charge on any atom is -0.479 e. The second kappa shape index (κ2) is 6.19. The second-order valence-corrected chi connectivity index (χ2v) is 6.15. The van der Waals surface area contributed by atoms with Gasteiger partial charge in [0, 0.05) is 26.1 Å². The van der Waals surface area contributed by atoms with Gasteiger partial charge in [0.25, 0.3) is 5.91 Å². The zero-order valence-electron chi connectivity index (χ0n) is 14.0. The Kier molecular flexibility index (Phi) is 3.87. The van der Waals surface area contributed by atoms with Crippen LogP contribution in [0.1, 0.15) is 19.8 Å². The minimum atomic E-state index is -0.553. The summed E-state index contributed by atoms with van der Waals surface area (Å²) >= 11 is 0. The number of ether oxygens (including phenoxy) is 1. The number of rotatable bonds is 3. The van der Waals surface area contributed by atoms with Gasteiger partial charge in [-0.1, -0.05) is 12.1 Å². The molecule has 1 atom stereocenters. The first-order valence-electron chi connectivity index (χ1n) is 8.40. The SMILES string of the molecule is C[C@H]1Oc2ccccc2N(CCC(=O)N2CCCn3ncnc32)C1=O. The maximum Gasteiger partial charge on any atom is 0.267 e. The lowest BCUT2D eigenvalue weighted by molar-refractivity contribution is -0.125. The molecule has 0 saturated carbocycles. The van der Waals surface area contributed by atoms with E-state index < -0.39 is 6.10 Å². The Hall–Kier alpha value is -2.90. The van der Waals surface area contributed by atoms with Crippen LogP contribution in [-0.4, -0.2) is 45.8 Å². The molecule has 0 N–H and O–H groups in total. The maximum atomic E-state index is 12.7. The van der Waals surface area contributed by atoms with Crippen LogP contribution in [0.3, 0.4) is 0 Å². The lowest BCUT2D eigenvalue weighted by atomic mass is 10.1. The fourth-order valence-corrected chi connectivity index (χ4v) is 3.27. The summed E-state index contributed by atoms with van der Waals surface area (Å²) in [5.74, 6) is 1.06. The molecule has 8 heteroatoms. The van der Waals surface area contributed by atoms with Crippen molar-refractivity contribution in [2.24, 2.45) is 0 Å². The number of aromatic nitrogens is 3. The molecule has 0 radical (unpaired) electrons. The van der Waals surface area contributed by atoms with Crippen LogP contribution in [0.5, 0.6) is 5.75 Å². The number of nitrogens with zero attached hydrogens (tertiary/aromatic N) is 5. The number of carbonyl (C=O) groups is 2. The first kappa shape index (κ1) is 15.6. The predicted octanol–water partition coefficient (Wildman–Crippen LogP) is 1.22. The molecule has 2 aliphatic rings. The maximum absolute atomic E-state index is 12.7. The van der Waals surface area contributed by atoms with Crippen LogP contribution in [0.4, 0.5) is 11.6 Å². The van der Waals surface area contributed by atoms with Crippen LogP contribution >= 0.6 is 0 Å². The Labute approximate surface area is 145 Å². The van der Waals surface area contributed by atoms with Crippen LogP contribution in [0.2, 0.25) is 0 Å². The highest BCUT2D eigenvalue weighted by atomic mass is 16.5. The third-order valence-electron chi connectivity index (χ3n) is 4.51. The molecule has 4 rings (SSSR count). The highest BCUT2D eigenvalue weighted by molar-refractivity contribution is 6.01. The first-order chi connectivity index (χ1) is 12.1. The molecule has 0 fully saturated rings. The molecule has 0 saturated heterocycles. The van der Waals surface area contributed by atoms with Crippen molar-refractivity contribution in [1.29, 1.82) is 0 Å². The number of aryl methyl sites for hydroxylation is 1. The van der Waals surface area contributed by atoms with Crippen LogP contribution in [0, 0.1) is 0 Å². The third kappa shape index (κ3) is 2.73. The summed E-state index contributed by atoms with van der Waals surface area (Å²) < 4.78 is 7.36. The Balaban J connectivity index is 1.50. The number of hydrogen-bond acceptors (Lipinski definition) is 5. The monoisotopic (exact) mass is 341 g/mol. The topological polar surface area (TPSA) is 80.6 Å². The molecule has 0 bridgehead atoms. The molecule has 0 spiro atoms. The van der Waals surface area contributed by atoms with Crippen LogP contribution in [-0.2, 0) is 16.1 Å². The number of fused-ring (bicyclic) bond motifs is 2. The fourth-order valence-electron chi connectivity index (χ4n) is 3.27. The van der Waals surface area contributed by atoms with Gasteiger partial charge in [0.05, 0.1) is 5.69 Å². The molecule has 0 aliphatic carbocycles. The predicted molar refractivity (Wildman–Crippen MR) is 90.5 cm³/mol. The van der Waals surface area contributed by atoms with Gasteiger partial charge in [0.15, 0.2) is 6.10 Å². The number of amides is 2. The van der Waals surface area contributed by atoms with Crippen LogP contribution < -0.4 is 14.5 Å². The highest BCUT2D eigenvalue weighted by Crippen LogP contribution is 2.33. The second-order valence-electron chi connectivity index (χ2n) is 6.15. The summed E-state index contributed by atoms with van der Waals surface area (Å²) in [7, 11) is 0. The van der Waals surface area contributed by atoms with E-state index in [4.69, 9.17) is 4.74 Å². The molecule has 2 aliphatic heterocycles. The van der Waals surface area contributed by atoms with Gasteiger partial charge in [-0.15, -0.1) is 0 Å². The Bertz CT molecular complexity index is 818. The van der Waals surface area contributed by atoms with Gasteiger partial charge in [0.1, 0.15) is 12.1 Å². The van der Waals surface area contributed by atoms with E-state index in [1.165, 1.54) is 6.33 Å². The van der Waals surface area contributed by atoms with E-state index in [1.54, 1.807) is 21.4 Å². The molecule has 130 valence electrons.